The average molecular weight is 723 g/mol. The zero-order chi connectivity index (χ0) is 37.3. The Bertz CT molecular complexity index is 753. The molecule has 302 valence electrons. The molecule has 6 heteroatoms. The van der Waals surface area contributed by atoms with Crippen LogP contribution in [0.1, 0.15) is 252 Å². The van der Waals surface area contributed by atoms with Crippen molar-refractivity contribution < 1.29 is 28.6 Å². The van der Waals surface area contributed by atoms with Gasteiger partial charge >= 0.3 is 17.9 Å². The molecule has 0 amide bonds. The zero-order valence-electron chi connectivity index (χ0n) is 34.4. The van der Waals surface area contributed by atoms with Crippen molar-refractivity contribution in [2.45, 2.75) is 258 Å². The molecule has 0 radical (unpaired) electrons. The number of hydrogen-bond donors (Lipinski definition) is 0. The highest BCUT2D eigenvalue weighted by atomic mass is 16.6. The Hall–Kier alpha value is -1.59. The highest BCUT2D eigenvalue weighted by Gasteiger charge is 2.19. The molecule has 0 aliphatic heterocycles. The van der Waals surface area contributed by atoms with Crippen LogP contribution in [0, 0.1) is 0 Å². The van der Waals surface area contributed by atoms with Crippen molar-refractivity contribution in [1.29, 1.82) is 0 Å². The van der Waals surface area contributed by atoms with Crippen LogP contribution in [0.25, 0.3) is 0 Å². The third-order valence-electron chi connectivity index (χ3n) is 10.1. The molecule has 0 aromatic carbocycles. The van der Waals surface area contributed by atoms with Gasteiger partial charge in [-0.1, -0.05) is 213 Å². The number of unbranched alkanes of at least 4 members (excludes halogenated alkanes) is 30. The lowest BCUT2D eigenvalue weighted by atomic mass is 10.0. The minimum Gasteiger partial charge on any atom is -0.462 e. The fourth-order valence-electron chi connectivity index (χ4n) is 6.68. The Morgan fingerprint density at radius 3 is 0.784 bits per heavy atom. The third kappa shape index (κ3) is 39.5. The Kier molecular flexibility index (Phi) is 39.9. The van der Waals surface area contributed by atoms with Gasteiger partial charge in [0.1, 0.15) is 13.2 Å². The van der Waals surface area contributed by atoms with Crippen LogP contribution in [-0.2, 0) is 28.6 Å². The smallest absolute Gasteiger partial charge is 0.306 e. The van der Waals surface area contributed by atoms with Gasteiger partial charge < -0.3 is 14.2 Å². The maximum Gasteiger partial charge on any atom is 0.306 e. The van der Waals surface area contributed by atoms with E-state index in [1.807, 2.05) is 0 Å². The van der Waals surface area contributed by atoms with E-state index in [1.54, 1.807) is 0 Å². The van der Waals surface area contributed by atoms with Gasteiger partial charge in [-0.3, -0.25) is 14.4 Å². The van der Waals surface area contributed by atoms with Crippen molar-refractivity contribution in [3.05, 3.63) is 0 Å². The Labute approximate surface area is 317 Å². The van der Waals surface area contributed by atoms with Gasteiger partial charge in [-0.2, -0.15) is 0 Å². The predicted molar refractivity (Wildman–Crippen MR) is 215 cm³/mol. The first kappa shape index (κ1) is 49.4. The molecule has 0 aromatic rings. The lowest BCUT2D eigenvalue weighted by Gasteiger charge is -2.18. The van der Waals surface area contributed by atoms with E-state index in [2.05, 4.69) is 20.8 Å². The summed E-state index contributed by atoms with van der Waals surface area (Å²) in [6.45, 7) is 6.62. The van der Waals surface area contributed by atoms with Gasteiger partial charge in [-0.15, -0.1) is 0 Å². The summed E-state index contributed by atoms with van der Waals surface area (Å²) < 4.78 is 16.7. The first-order valence-electron chi connectivity index (χ1n) is 22.5. The van der Waals surface area contributed by atoms with Crippen molar-refractivity contribution in [2.75, 3.05) is 13.2 Å². The Balaban J connectivity index is 4.31. The summed E-state index contributed by atoms with van der Waals surface area (Å²) in [7, 11) is 0. The molecule has 6 nitrogen and oxygen atoms in total. The number of hydrogen-bond acceptors (Lipinski definition) is 6. The number of rotatable bonds is 41. The molecule has 0 bridgehead atoms. The molecular formula is C45H86O6. The summed E-state index contributed by atoms with van der Waals surface area (Å²) >= 11 is 0. The van der Waals surface area contributed by atoms with Crippen molar-refractivity contribution in [1.82, 2.24) is 0 Å². The molecule has 1 unspecified atom stereocenters. The van der Waals surface area contributed by atoms with Crippen molar-refractivity contribution >= 4 is 17.9 Å². The highest BCUT2D eigenvalue weighted by Crippen LogP contribution is 2.15. The molecule has 51 heavy (non-hydrogen) atoms. The maximum atomic E-state index is 12.7. The van der Waals surface area contributed by atoms with Crippen LogP contribution in [0.3, 0.4) is 0 Å². The normalized spacial score (nSPS) is 11.8. The first-order chi connectivity index (χ1) is 25.0. The summed E-state index contributed by atoms with van der Waals surface area (Å²) in [5, 5.41) is 0. The van der Waals surface area contributed by atoms with Gasteiger partial charge in [0.15, 0.2) is 6.10 Å². The van der Waals surface area contributed by atoms with E-state index < -0.39 is 6.10 Å². The second kappa shape index (κ2) is 41.2. The fraction of sp³-hybridized carbons (Fsp3) is 0.933. The van der Waals surface area contributed by atoms with Crippen molar-refractivity contribution in [3.8, 4) is 0 Å². The van der Waals surface area contributed by atoms with Crippen LogP contribution in [0.2, 0.25) is 0 Å². The minimum atomic E-state index is -0.757. The fourth-order valence-corrected chi connectivity index (χ4v) is 6.68. The van der Waals surface area contributed by atoms with Crippen LogP contribution in [0.15, 0.2) is 0 Å². The third-order valence-corrected chi connectivity index (χ3v) is 10.1. The second-order valence-corrected chi connectivity index (χ2v) is 15.3. The molecule has 0 fully saturated rings. The topological polar surface area (TPSA) is 78.9 Å². The van der Waals surface area contributed by atoms with Gasteiger partial charge in [0, 0.05) is 19.3 Å². The highest BCUT2D eigenvalue weighted by molar-refractivity contribution is 5.71. The van der Waals surface area contributed by atoms with Gasteiger partial charge in [-0.25, -0.2) is 0 Å². The summed E-state index contributed by atoms with van der Waals surface area (Å²) in [5.74, 6) is -0.855. The molecule has 0 aromatic heterocycles. The molecule has 0 saturated heterocycles. The van der Waals surface area contributed by atoms with Crippen LogP contribution < -0.4 is 0 Å². The number of ether oxygens (including phenoxy) is 3. The molecule has 0 saturated carbocycles. The number of esters is 3. The van der Waals surface area contributed by atoms with E-state index in [-0.39, 0.29) is 31.1 Å². The average Bonchev–Trinajstić information content (AvgIpc) is 3.12. The summed E-state index contributed by atoms with van der Waals surface area (Å²) in [5.41, 5.74) is 0. The van der Waals surface area contributed by atoms with Crippen LogP contribution in [0.4, 0.5) is 0 Å². The maximum absolute atomic E-state index is 12.7. The lowest BCUT2D eigenvalue weighted by Crippen LogP contribution is -2.30. The SMILES string of the molecule is CCCCCCCCCCCCCCCC(=O)OC(COC(=O)CCCCCCCCCCC)COC(=O)CCCCCCCCCCCCC. The monoisotopic (exact) mass is 723 g/mol. The molecule has 0 rings (SSSR count). The van der Waals surface area contributed by atoms with Crippen LogP contribution in [0.5, 0.6) is 0 Å². The van der Waals surface area contributed by atoms with Crippen LogP contribution in [-0.4, -0.2) is 37.2 Å². The van der Waals surface area contributed by atoms with E-state index in [0.717, 1.165) is 57.8 Å². The first-order valence-corrected chi connectivity index (χ1v) is 22.5. The molecule has 0 aliphatic rings. The number of carbonyl (C=O) groups is 3. The van der Waals surface area contributed by atoms with Crippen molar-refractivity contribution in [2.24, 2.45) is 0 Å². The minimum absolute atomic E-state index is 0.0630. The second-order valence-electron chi connectivity index (χ2n) is 15.3. The standard InChI is InChI=1S/C45H86O6/c1-4-7-10-13-16-19-21-22-24-27-30-33-36-39-45(48)51-42(40-49-43(46)37-34-31-28-25-18-15-12-9-6-3)41-50-44(47)38-35-32-29-26-23-20-17-14-11-8-5-2/h42H,4-41H2,1-3H3. The Morgan fingerprint density at radius 1 is 0.314 bits per heavy atom. The Morgan fingerprint density at radius 2 is 0.529 bits per heavy atom. The van der Waals surface area contributed by atoms with Gasteiger partial charge in [-0.05, 0) is 19.3 Å². The van der Waals surface area contributed by atoms with E-state index in [1.165, 1.54) is 154 Å². The largest absolute Gasteiger partial charge is 0.462 e. The van der Waals surface area contributed by atoms with E-state index in [9.17, 15) is 14.4 Å². The number of carbonyl (C=O) groups excluding carboxylic acids is 3. The quantitative estimate of drug-likeness (QED) is 0.0355. The van der Waals surface area contributed by atoms with E-state index >= 15 is 0 Å². The predicted octanol–water partition coefficient (Wildman–Crippen LogP) is 14.1. The van der Waals surface area contributed by atoms with Gasteiger partial charge in [0.2, 0.25) is 0 Å². The molecule has 0 heterocycles. The van der Waals surface area contributed by atoms with Gasteiger partial charge in [0.05, 0.1) is 0 Å². The van der Waals surface area contributed by atoms with Gasteiger partial charge in [0.25, 0.3) is 0 Å². The summed E-state index contributed by atoms with van der Waals surface area (Å²) in [6, 6.07) is 0. The van der Waals surface area contributed by atoms with E-state index in [0.29, 0.717) is 19.3 Å². The zero-order valence-corrected chi connectivity index (χ0v) is 34.4. The van der Waals surface area contributed by atoms with E-state index in [4.69, 9.17) is 14.2 Å². The molecule has 0 spiro atoms. The molecule has 0 N–H and O–H groups in total. The molecular weight excluding hydrogens is 636 g/mol. The van der Waals surface area contributed by atoms with Crippen LogP contribution >= 0.6 is 0 Å². The lowest BCUT2D eigenvalue weighted by molar-refractivity contribution is -0.167. The molecule has 0 aliphatic carbocycles. The van der Waals surface area contributed by atoms with Crippen molar-refractivity contribution in [3.63, 3.8) is 0 Å². The summed E-state index contributed by atoms with van der Waals surface area (Å²) in [4.78, 5) is 37.6. The summed E-state index contributed by atoms with van der Waals surface area (Å²) in [6.07, 6.45) is 40.8. The molecule has 1 atom stereocenters.